The number of esters is 1. The quantitative estimate of drug-likeness (QED) is 0.378. The molecule has 11 heteroatoms. The summed E-state index contributed by atoms with van der Waals surface area (Å²) >= 11 is 5.51. The van der Waals surface area contributed by atoms with Gasteiger partial charge in [0.2, 0.25) is 10.0 Å². The molecule has 4 rings (SSSR count). The highest BCUT2D eigenvalue weighted by molar-refractivity contribution is 7.89. The molecule has 182 valence electrons. The number of ether oxygens (including phenoxy) is 1. The summed E-state index contributed by atoms with van der Waals surface area (Å²) in [5.74, 6) is -0.694. The van der Waals surface area contributed by atoms with Crippen LogP contribution in [0.25, 0.3) is 5.65 Å². The van der Waals surface area contributed by atoms with Crippen LogP contribution >= 0.6 is 12.2 Å². The number of hydrogen-bond acceptors (Lipinski definition) is 7. The minimum absolute atomic E-state index is 0.0180. The summed E-state index contributed by atoms with van der Waals surface area (Å²) in [6.07, 6.45) is 7.63. The minimum Gasteiger partial charge on any atom is -0.460 e. The molecule has 1 aromatic carbocycles. The van der Waals surface area contributed by atoms with Crippen molar-refractivity contribution >= 4 is 38.8 Å². The Balaban J connectivity index is 1.56. The number of rotatable bonds is 7. The van der Waals surface area contributed by atoms with E-state index in [9.17, 15) is 13.2 Å². The largest absolute Gasteiger partial charge is 0.460 e. The molecule has 1 aliphatic carbocycles. The van der Waals surface area contributed by atoms with Gasteiger partial charge in [0.1, 0.15) is 18.3 Å². The number of imidazole rings is 1. The fourth-order valence-electron chi connectivity index (χ4n) is 4.58. The summed E-state index contributed by atoms with van der Waals surface area (Å²) in [7, 11) is -2.64. The van der Waals surface area contributed by atoms with Gasteiger partial charge in [0, 0.05) is 25.6 Å². The Morgan fingerprint density at radius 2 is 2.06 bits per heavy atom. The number of hydrogen-bond donors (Lipinski definition) is 1. The molecule has 2 N–H and O–H groups in total. The van der Waals surface area contributed by atoms with Gasteiger partial charge in [-0.05, 0) is 55.2 Å². The molecule has 0 spiro atoms. The molecule has 2 heterocycles. The molecule has 0 bridgehead atoms. The monoisotopic (exact) mass is 511 g/mol. The van der Waals surface area contributed by atoms with E-state index in [2.05, 4.69) is 4.98 Å². The molecular weight excluding hydrogens is 486 g/mol. The van der Waals surface area contributed by atoms with Gasteiger partial charge in [-0.3, -0.25) is 4.79 Å². The van der Waals surface area contributed by atoms with E-state index >= 15 is 0 Å². The molecule has 2 aromatic heterocycles. The predicted molar refractivity (Wildman–Crippen MR) is 133 cm³/mol. The normalized spacial score (nSPS) is 20.4. The van der Waals surface area contributed by atoms with Crippen molar-refractivity contribution in [2.24, 2.45) is 5.73 Å². The molecule has 1 aliphatic rings. The maximum atomic E-state index is 12.9. The number of carbonyl (C=O) groups is 1. The van der Waals surface area contributed by atoms with Crippen molar-refractivity contribution in [1.82, 2.24) is 13.7 Å². The summed E-state index contributed by atoms with van der Waals surface area (Å²) in [5.41, 5.74) is 7.34. The highest BCUT2D eigenvalue weighted by Gasteiger charge is 2.47. The van der Waals surface area contributed by atoms with Gasteiger partial charge in [0.25, 0.3) is 0 Å². The van der Waals surface area contributed by atoms with E-state index in [-0.39, 0.29) is 9.88 Å². The summed E-state index contributed by atoms with van der Waals surface area (Å²) in [4.78, 5) is 17.4. The molecule has 3 aromatic rings. The fraction of sp³-hybridized carbons (Fsp3) is 0.333. The van der Waals surface area contributed by atoms with Crippen molar-refractivity contribution in [3.05, 3.63) is 66.1 Å². The summed E-state index contributed by atoms with van der Waals surface area (Å²) in [6.45, 7) is -0.479. The lowest BCUT2D eigenvalue weighted by atomic mass is 9.67. The predicted octanol–water partition coefficient (Wildman–Crippen LogP) is 2.54. The first kappa shape index (κ1) is 24.8. The zero-order chi connectivity index (χ0) is 25.2. The molecular formula is C24H25N5O4S2. The summed E-state index contributed by atoms with van der Waals surface area (Å²) in [6, 6.07) is 11.2. The Morgan fingerprint density at radius 3 is 2.74 bits per heavy atom. The van der Waals surface area contributed by atoms with Crippen molar-refractivity contribution in [1.29, 1.82) is 5.26 Å². The van der Waals surface area contributed by atoms with E-state index in [4.69, 9.17) is 28.0 Å². The number of fused-ring (bicyclic) bond motifs is 1. The second kappa shape index (κ2) is 9.73. The van der Waals surface area contributed by atoms with Crippen LogP contribution in [0, 0.1) is 11.3 Å². The van der Waals surface area contributed by atoms with Gasteiger partial charge in [-0.1, -0.05) is 24.7 Å². The Bertz CT molecular complexity index is 1410. The number of nitrogens with zero attached hydrogens (tertiary/aromatic N) is 4. The van der Waals surface area contributed by atoms with Crippen LogP contribution in [-0.4, -0.2) is 52.8 Å². The second-order valence-corrected chi connectivity index (χ2v) is 11.1. The van der Waals surface area contributed by atoms with E-state index in [1.54, 1.807) is 6.20 Å². The third-order valence-corrected chi connectivity index (χ3v) is 8.68. The van der Waals surface area contributed by atoms with Crippen LogP contribution in [0.3, 0.4) is 0 Å². The Kier molecular flexibility index (Phi) is 6.89. The summed E-state index contributed by atoms with van der Waals surface area (Å²) in [5, 5.41) is 8.93. The smallest absolute Gasteiger partial charge is 0.321 e. The molecule has 35 heavy (non-hydrogen) atoms. The number of nitrogens with two attached hydrogens (primary N) is 1. The number of pyridine rings is 1. The number of nitriles is 1. The van der Waals surface area contributed by atoms with Crippen molar-refractivity contribution in [2.75, 3.05) is 13.6 Å². The van der Waals surface area contributed by atoms with Crippen LogP contribution in [0.1, 0.15) is 36.8 Å². The number of thiocarbonyl (C=S) groups is 1. The molecule has 9 nitrogen and oxygen atoms in total. The first-order valence-electron chi connectivity index (χ1n) is 11.1. The van der Waals surface area contributed by atoms with Crippen molar-refractivity contribution in [3.63, 3.8) is 0 Å². The minimum atomic E-state index is -3.95. The highest BCUT2D eigenvalue weighted by atomic mass is 32.2. The average molecular weight is 512 g/mol. The van der Waals surface area contributed by atoms with E-state index in [0.29, 0.717) is 18.4 Å². The van der Waals surface area contributed by atoms with E-state index in [1.807, 2.05) is 35.0 Å². The topological polar surface area (TPSA) is 131 Å². The van der Waals surface area contributed by atoms with Crippen LogP contribution in [0.4, 0.5) is 0 Å². The second-order valence-electron chi connectivity index (χ2n) is 8.57. The zero-order valence-electron chi connectivity index (χ0n) is 19.1. The lowest BCUT2D eigenvalue weighted by Gasteiger charge is -2.43. The van der Waals surface area contributed by atoms with Gasteiger partial charge in [0.05, 0.1) is 26.9 Å². The van der Waals surface area contributed by atoms with Gasteiger partial charge in [-0.2, -0.15) is 9.57 Å². The van der Waals surface area contributed by atoms with Gasteiger partial charge in [0.15, 0.2) is 0 Å². The van der Waals surface area contributed by atoms with E-state index in [1.165, 1.54) is 31.3 Å². The molecule has 0 saturated heterocycles. The molecule has 2 unspecified atom stereocenters. The maximum absolute atomic E-state index is 12.9. The Morgan fingerprint density at radius 1 is 1.31 bits per heavy atom. The SMILES string of the molecule is CN(CC(=O)OC1CCCCC1(C(N)=S)c1ccc2nccn2c1)S(=O)(=O)c1ccc(C#N)cc1. The molecule has 0 radical (unpaired) electrons. The third kappa shape index (κ3) is 4.65. The standard InChI is InChI=1S/C24H25N5O4S2/c1-28(35(31,32)19-8-5-17(14-25)6-9-19)16-22(30)33-20-4-2-3-11-24(20,23(26)34)18-7-10-21-27-12-13-29(21)15-18/h5-10,12-13,15,20H,2-4,11,16H2,1H3,(H2,26,34). The van der Waals surface area contributed by atoms with Crippen molar-refractivity contribution in [2.45, 2.75) is 42.1 Å². The van der Waals surface area contributed by atoms with Gasteiger partial charge < -0.3 is 14.9 Å². The van der Waals surface area contributed by atoms with Crippen molar-refractivity contribution < 1.29 is 17.9 Å². The zero-order valence-corrected chi connectivity index (χ0v) is 20.8. The first-order chi connectivity index (χ1) is 16.7. The van der Waals surface area contributed by atoms with Crippen LogP contribution in [0.15, 0.2) is 59.9 Å². The lowest BCUT2D eigenvalue weighted by Crippen LogP contribution is -2.53. The number of benzene rings is 1. The molecule has 1 fully saturated rings. The van der Waals surface area contributed by atoms with Crippen LogP contribution < -0.4 is 5.73 Å². The molecule has 2 atom stereocenters. The Hall–Kier alpha value is -3.33. The van der Waals surface area contributed by atoms with Crippen molar-refractivity contribution in [3.8, 4) is 6.07 Å². The van der Waals surface area contributed by atoms with Crippen LogP contribution in [0.5, 0.6) is 0 Å². The summed E-state index contributed by atoms with van der Waals surface area (Å²) < 4.78 is 34.5. The number of likely N-dealkylation sites (N-methyl/N-ethyl adjacent to an activating group) is 1. The molecule has 0 aliphatic heterocycles. The number of carbonyl (C=O) groups excluding carboxylic acids is 1. The van der Waals surface area contributed by atoms with Gasteiger partial charge in [-0.15, -0.1) is 0 Å². The maximum Gasteiger partial charge on any atom is 0.321 e. The molecule has 1 saturated carbocycles. The highest BCUT2D eigenvalue weighted by Crippen LogP contribution is 2.42. The fourth-order valence-corrected chi connectivity index (χ4v) is 6.05. The van der Waals surface area contributed by atoms with Crippen LogP contribution in [0.2, 0.25) is 0 Å². The lowest BCUT2D eigenvalue weighted by molar-refractivity contribution is -0.153. The van der Waals surface area contributed by atoms with E-state index in [0.717, 1.165) is 28.4 Å². The number of sulfonamides is 1. The molecule has 0 amide bonds. The van der Waals surface area contributed by atoms with Gasteiger partial charge >= 0.3 is 5.97 Å². The van der Waals surface area contributed by atoms with E-state index < -0.39 is 34.1 Å². The van der Waals surface area contributed by atoms with Gasteiger partial charge in [-0.25, -0.2) is 13.4 Å². The first-order valence-corrected chi connectivity index (χ1v) is 12.9. The van der Waals surface area contributed by atoms with Crippen LogP contribution in [-0.2, 0) is 25.0 Å². The Labute approximate surface area is 209 Å². The number of aromatic nitrogens is 2. The third-order valence-electron chi connectivity index (χ3n) is 6.50. The average Bonchev–Trinajstić information content (AvgIpc) is 3.32.